The maximum absolute atomic E-state index is 11.8. The second kappa shape index (κ2) is 4.21. The second-order valence-corrected chi connectivity index (χ2v) is 4.67. The summed E-state index contributed by atoms with van der Waals surface area (Å²) in [6.07, 6.45) is 2.57. The summed E-state index contributed by atoms with van der Waals surface area (Å²) in [6, 6.07) is -0.762. The maximum atomic E-state index is 11.8. The third kappa shape index (κ3) is 2.49. The molecule has 1 amide bonds. The van der Waals surface area contributed by atoms with Crippen molar-refractivity contribution >= 4 is 11.9 Å². The first-order valence-corrected chi connectivity index (χ1v) is 5.47. The standard InChI is InChI=1S/C11H19NO3/c1-4-11(5-6-11)10(15)12-8(7(2)3)9(13)14/h7-8H,4-6H2,1-3H3,(H,12,15)(H,13,14). The fourth-order valence-electron chi connectivity index (χ4n) is 1.70. The number of hydrogen-bond acceptors (Lipinski definition) is 2. The van der Waals surface area contributed by atoms with Gasteiger partial charge in [0.15, 0.2) is 0 Å². The summed E-state index contributed by atoms with van der Waals surface area (Å²) >= 11 is 0. The summed E-state index contributed by atoms with van der Waals surface area (Å²) in [5.41, 5.74) is -0.261. The second-order valence-electron chi connectivity index (χ2n) is 4.67. The first-order valence-electron chi connectivity index (χ1n) is 5.47. The Morgan fingerprint density at radius 1 is 1.40 bits per heavy atom. The molecule has 4 nitrogen and oxygen atoms in total. The van der Waals surface area contributed by atoms with Crippen molar-refractivity contribution in [3.05, 3.63) is 0 Å². The molecule has 2 N–H and O–H groups in total. The van der Waals surface area contributed by atoms with Crippen LogP contribution in [0.25, 0.3) is 0 Å². The molecule has 0 spiro atoms. The van der Waals surface area contributed by atoms with Crippen molar-refractivity contribution < 1.29 is 14.7 Å². The Hall–Kier alpha value is -1.06. The molecule has 0 aromatic rings. The molecule has 1 aliphatic carbocycles. The molecule has 0 heterocycles. The van der Waals surface area contributed by atoms with Crippen molar-refractivity contribution in [2.45, 2.75) is 46.1 Å². The Kier molecular flexibility index (Phi) is 3.37. The SMILES string of the molecule is CCC1(C(=O)NC(C(=O)O)C(C)C)CC1. The van der Waals surface area contributed by atoms with Crippen LogP contribution in [0.5, 0.6) is 0 Å². The molecule has 1 saturated carbocycles. The highest BCUT2D eigenvalue weighted by atomic mass is 16.4. The molecule has 0 aromatic carbocycles. The van der Waals surface area contributed by atoms with E-state index in [0.717, 1.165) is 19.3 Å². The monoisotopic (exact) mass is 213 g/mol. The Morgan fingerprint density at radius 3 is 2.20 bits per heavy atom. The third-order valence-corrected chi connectivity index (χ3v) is 3.23. The van der Waals surface area contributed by atoms with Crippen LogP contribution in [-0.4, -0.2) is 23.0 Å². The number of hydrogen-bond donors (Lipinski definition) is 2. The Bertz CT molecular complexity index is 269. The van der Waals surface area contributed by atoms with Crippen LogP contribution in [0.4, 0.5) is 0 Å². The van der Waals surface area contributed by atoms with E-state index in [1.54, 1.807) is 13.8 Å². The van der Waals surface area contributed by atoms with Gasteiger partial charge >= 0.3 is 5.97 Å². The van der Waals surface area contributed by atoms with E-state index in [1.165, 1.54) is 0 Å². The summed E-state index contributed by atoms with van der Waals surface area (Å²) in [5, 5.41) is 11.6. The van der Waals surface area contributed by atoms with Crippen LogP contribution < -0.4 is 5.32 Å². The van der Waals surface area contributed by atoms with Crippen LogP contribution >= 0.6 is 0 Å². The molecule has 0 bridgehead atoms. The van der Waals surface area contributed by atoms with E-state index in [-0.39, 0.29) is 17.2 Å². The van der Waals surface area contributed by atoms with E-state index in [1.807, 2.05) is 6.92 Å². The van der Waals surface area contributed by atoms with Crippen molar-refractivity contribution in [2.75, 3.05) is 0 Å². The molecule has 1 unspecified atom stereocenters. The van der Waals surface area contributed by atoms with E-state index < -0.39 is 12.0 Å². The quantitative estimate of drug-likeness (QED) is 0.725. The van der Waals surface area contributed by atoms with Crippen LogP contribution in [0.3, 0.4) is 0 Å². The zero-order valence-electron chi connectivity index (χ0n) is 9.54. The van der Waals surface area contributed by atoms with Gasteiger partial charge in [-0.1, -0.05) is 20.8 Å². The van der Waals surface area contributed by atoms with E-state index in [4.69, 9.17) is 5.11 Å². The van der Waals surface area contributed by atoms with Gasteiger partial charge in [-0.2, -0.15) is 0 Å². The largest absolute Gasteiger partial charge is 0.480 e. The highest BCUT2D eigenvalue weighted by Crippen LogP contribution is 2.48. The lowest BCUT2D eigenvalue weighted by atomic mass is 9.99. The predicted octanol–water partition coefficient (Wildman–Crippen LogP) is 1.40. The molecule has 0 aromatic heterocycles. The van der Waals surface area contributed by atoms with Crippen LogP contribution in [0.2, 0.25) is 0 Å². The minimum absolute atomic E-state index is 0.0842. The molecule has 0 saturated heterocycles. The number of rotatable bonds is 5. The van der Waals surface area contributed by atoms with E-state index in [2.05, 4.69) is 5.32 Å². The minimum Gasteiger partial charge on any atom is -0.480 e. The van der Waals surface area contributed by atoms with Gasteiger partial charge in [0.25, 0.3) is 0 Å². The van der Waals surface area contributed by atoms with Crippen LogP contribution in [0.15, 0.2) is 0 Å². The van der Waals surface area contributed by atoms with Gasteiger partial charge in [0, 0.05) is 5.41 Å². The van der Waals surface area contributed by atoms with Gasteiger partial charge in [0.1, 0.15) is 6.04 Å². The minimum atomic E-state index is -0.953. The molecule has 1 aliphatic rings. The van der Waals surface area contributed by atoms with Crippen LogP contribution in [0.1, 0.15) is 40.0 Å². The fraction of sp³-hybridized carbons (Fsp3) is 0.818. The van der Waals surface area contributed by atoms with Gasteiger partial charge in [-0.05, 0) is 25.2 Å². The zero-order chi connectivity index (χ0) is 11.6. The molecule has 1 fully saturated rings. The molecule has 86 valence electrons. The highest BCUT2D eigenvalue weighted by Gasteiger charge is 2.48. The number of carboxylic acid groups (broad SMARTS) is 1. The molecule has 4 heteroatoms. The molecule has 0 radical (unpaired) electrons. The average Bonchev–Trinajstić information content (AvgIpc) is 2.93. The highest BCUT2D eigenvalue weighted by molar-refractivity contribution is 5.89. The van der Waals surface area contributed by atoms with Gasteiger partial charge < -0.3 is 10.4 Å². The number of carboxylic acids is 1. The number of carbonyl (C=O) groups is 2. The smallest absolute Gasteiger partial charge is 0.326 e. The van der Waals surface area contributed by atoms with Crippen molar-refractivity contribution in [3.8, 4) is 0 Å². The van der Waals surface area contributed by atoms with Gasteiger partial charge in [0.05, 0.1) is 0 Å². The van der Waals surface area contributed by atoms with Crippen molar-refractivity contribution in [1.82, 2.24) is 5.32 Å². The summed E-state index contributed by atoms with van der Waals surface area (Å²) in [7, 11) is 0. The van der Waals surface area contributed by atoms with Crippen molar-refractivity contribution in [1.29, 1.82) is 0 Å². The first kappa shape index (κ1) is 12.0. The number of carbonyl (C=O) groups excluding carboxylic acids is 1. The summed E-state index contributed by atoms with van der Waals surface area (Å²) < 4.78 is 0. The summed E-state index contributed by atoms with van der Waals surface area (Å²) in [4.78, 5) is 22.7. The summed E-state index contributed by atoms with van der Waals surface area (Å²) in [6.45, 7) is 5.56. The summed E-state index contributed by atoms with van der Waals surface area (Å²) in [5.74, 6) is -1.13. The first-order chi connectivity index (χ1) is 6.93. The van der Waals surface area contributed by atoms with Gasteiger partial charge in [-0.3, -0.25) is 4.79 Å². The third-order valence-electron chi connectivity index (χ3n) is 3.23. The predicted molar refractivity (Wildman–Crippen MR) is 56.4 cm³/mol. The van der Waals surface area contributed by atoms with E-state index >= 15 is 0 Å². The Balaban J connectivity index is 2.59. The number of amides is 1. The normalized spacial score (nSPS) is 19.7. The molecular weight excluding hydrogens is 194 g/mol. The van der Waals surface area contributed by atoms with Crippen LogP contribution in [0, 0.1) is 11.3 Å². The molecule has 1 rings (SSSR count). The van der Waals surface area contributed by atoms with Gasteiger partial charge in [-0.15, -0.1) is 0 Å². The number of nitrogens with one attached hydrogen (secondary N) is 1. The van der Waals surface area contributed by atoms with E-state index in [9.17, 15) is 9.59 Å². The van der Waals surface area contributed by atoms with Crippen molar-refractivity contribution in [3.63, 3.8) is 0 Å². The zero-order valence-corrected chi connectivity index (χ0v) is 9.54. The topological polar surface area (TPSA) is 66.4 Å². The van der Waals surface area contributed by atoms with Crippen molar-refractivity contribution in [2.24, 2.45) is 11.3 Å². The lowest BCUT2D eigenvalue weighted by Gasteiger charge is -2.21. The number of aliphatic carboxylic acids is 1. The lowest BCUT2D eigenvalue weighted by molar-refractivity contribution is -0.144. The maximum Gasteiger partial charge on any atom is 0.326 e. The molecular formula is C11H19NO3. The molecule has 1 atom stereocenters. The Morgan fingerprint density at radius 2 is 1.93 bits per heavy atom. The lowest BCUT2D eigenvalue weighted by Crippen LogP contribution is -2.47. The van der Waals surface area contributed by atoms with E-state index in [0.29, 0.717) is 0 Å². The van der Waals surface area contributed by atoms with Gasteiger partial charge in [-0.25, -0.2) is 4.79 Å². The van der Waals surface area contributed by atoms with Crippen LogP contribution in [-0.2, 0) is 9.59 Å². The molecule has 0 aliphatic heterocycles. The fourth-order valence-corrected chi connectivity index (χ4v) is 1.70. The molecule has 15 heavy (non-hydrogen) atoms. The average molecular weight is 213 g/mol. The van der Waals surface area contributed by atoms with Gasteiger partial charge in [0.2, 0.25) is 5.91 Å². The Labute approximate surface area is 90.0 Å².